The number of nitrogens with zero attached hydrogens (tertiary/aromatic N) is 2. The second-order valence-electron chi connectivity index (χ2n) is 7.93. The summed E-state index contributed by atoms with van der Waals surface area (Å²) >= 11 is 0. The Morgan fingerprint density at radius 3 is 2.58 bits per heavy atom. The van der Waals surface area contributed by atoms with Gasteiger partial charge in [-0.1, -0.05) is 12.1 Å². The lowest BCUT2D eigenvalue weighted by Gasteiger charge is -2.26. The number of amides is 1. The highest BCUT2D eigenvalue weighted by atomic mass is 19.1. The number of anilines is 2. The van der Waals surface area contributed by atoms with Gasteiger partial charge in [-0.15, -0.1) is 0 Å². The number of phenols is 1. The molecule has 0 saturated carbocycles. The Bertz CT molecular complexity index is 1120. The molecule has 8 heteroatoms. The van der Waals surface area contributed by atoms with Crippen molar-refractivity contribution < 1.29 is 19.0 Å². The number of aromatic nitrogens is 1. The van der Waals surface area contributed by atoms with Crippen molar-refractivity contribution in [3.8, 4) is 28.1 Å². The van der Waals surface area contributed by atoms with Crippen molar-refractivity contribution in [2.75, 3.05) is 50.0 Å². The molecule has 2 aromatic carbocycles. The Labute approximate surface area is 192 Å². The lowest BCUT2D eigenvalue weighted by molar-refractivity contribution is -0.114. The highest BCUT2D eigenvalue weighted by Crippen LogP contribution is 2.33. The van der Waals surface area contributed by atoms with Crippen molar-refractivity contribution >= 4 is 17.4 Å². The number of carbonyl (C=O) groups is 1. The average Bonchev–Trinajstić information content (AvgIpc) is 2.81. The second-order valence-corrected chi connectivity index (χ2v) is 7.93. The Kier molecular flexibility index (Phi) is 7.16. The lowest BCUT2D eigenvalue weighted by atomic mass is 10.0. The standard InChI is InChI=1S/C25H27FN4O3/c1-17(31)28-21-5-2-18(3-6-21)19-14-23(22-16-20(26)4-7-24(22)32)29-25(15-19)27-8-9-30-10-12-33-13-11-30/h2-7,14-16,32H,8-13H2,1H3,(H,27,29)(H,28,31). The van der Waals surface area contributed by atoms with E-state index in [1.54, 1.807) is 0 Å². The summed E-state index contributed by atoms with van der Waals surface area (Å²) in [6, 6.07) is 15.0. The van der Waals surface area contributed by atoms with E-state index < -0.39 is 5.82 Å². The molecule has 1 aliphatic heterocycles. The number of nitrogens with one attached hydrogen (secondary N) is 2. The molecule has 1 saturated heterocycles. The van der Waals surface area contributed by atoms with Gasteiger partial charge in [-0.2, -0.15) is 0 Å². The van der Waals surface area contributed by atoms with E-state index in [2.05, 4.69) is 20.5 Å². The van der Waals surface area contributed by atoms with Gasteiger partial charge in [0, 0.05) is 44.4 Å². The monoisotopic (exact) mass is 450 g/mol. The topological polar surface area (TPSA) is 86.7 Å². The highest BCUT2D eigenvalue weighted by molar-refractivity contribution is 5.89. The van der Waals surface area contributed by atoms with Gasteiger partial charge in [0.05, 0.1) is 18.9 Å². The average molecular weight is 451 g/mol. The number of aromatic hydroxyl groups is 1. The zero-order valence-electron chi connectivity index (χ0n) is 18.5. The molecule has 4 rings (SSSR count). The van der Waals surface area contributed by atoms with Gasteiger partial charge in [-0.25, -0.2) is 9.37 Å². The maximum atomic E-state index is 13.9. The fourth-order valence-corrected chi connectivity index (χ4v) is 3.76. The molecule has 0 atom stereocenters. The van der Waals surface area contributed by atoms with E-state index in [-0.39, 0.29) is 11.7 Å². The van der Waals surface area contributed by atoms with Gasteiger partial charge < -0.3 is 20.5 Å². The molecular formula is C25H27FN4O3. The van der Waals surface area contributed by atoms with Gasteiger partial charge >= 0.3 is 0 Å². The summed E-state index contributed by atoms with van der Waals surface area (Å²) in [4.78, 5) is 18.2. The van der Waals surface area contributed by atoms with Crippen molar-refractivity contribution in [1.29, 1.82) is 0 Å². The SMILES string of the molecule is CC(=O)Nc1ccc(-c2cc(NCCN3CCOCC3)nc(-c3cc(F)ccc3O)c2)cc1. The van der Waals surface area contributed by atoms with E-state index in [4.69, 9.17) is 4.74 Å². The van der Waals surface area contributed by atoms with Crippen molar-refractivity contribution in [1.82, 2.24) is 9.88 Å². The van der Waals surface area contributed by atoms with Gasteiger partial charge in [0.2, 0.25) is 5.91 Å². The van der Waals surface area contributed by atoms with Crippen LogP contribution in [0.1, 0.15) is 6.92 Å². The third-order valence-corrected chi connectivity index (χ3v) is 5.44. The first-order valence-corrected chi connectivity index (χ1v) is 10.9. The molecule has 0 unspecified atom stereocenters. The molecule has 0 spiro atoms. The number of benzene rings is 2. The summed E-state index contributed by atoms with van der Waals surface area (Å²) in [5.41, 5.74) is 3.24. The van der Waals surface area contributed by atoms with Gasteiger partial charge in [-0.3, -0.25) is 9.69 Å². The molecule has 2 heterocycles. The minimum absolute atomic E-state index is 0.0404. The normalized spacial score (nSPS) is 14.1. The molecule has 0 bridgehead atoms. The highest BCUT2D eigenvalue weighted by Gasteiger charge is 2.13. The molecule has 1 aromatic heterocycles. The molecule has 33 heavy (non-hydrogen) atoms. The number of hydrogen-bond acceptors (Lipinski definition) is 6. The Hall–Kier alpha value is -3.49. The second kappa shape index (κ2) is 10.4. The molecule has 1 amide bonds. The van der Waals surface area contributed by atoms with Gasteiger partial charge in [0.25, 0.3) is 0 Å². The number of hydrogen-bond donors (Lipinski definition) is 3. The van der Waals surface area contributed by atoms with Crippen LogP contribution in [-0.4, -0.2) is 60.3 Å². The fraction of sp³-hybridized carbons (Fsp3) is 0.280. The van der Waals surface area contributed by atoms with Crippen molar-refractivity contribution in [2.24, 2.45) is 0 Å². The zero-order valence-corrected chi connectivity index (χ0v) is 18.5. The smallest absolute Gasteiger partial charge is 0.221 e. The third-order valence-electron chi connectivity index (χ3n) is 5.44. The third kappa shape index (κ3) is 6.06. The Morgan fingerprint density at radius 1 is 1.09 bits per heavy atom. The summed E-state index contributed by atoms with van der Waals surface area (Å²) in [5, 5.41) is 16.4. The van der Waals surface area contributed by atoms with Crippen LogP contribution in [0.3, 0.4) is 0 Å². The van der Waals surface area contributed by atoms with E-state index >= 15 is 0 Å². The predicted molar refractivity (Wildman–Crippen MR) is 127 cm³/mol. The van der Waals surface area contributed by atoms with Crippen LogP contribution >= 0.6 is 0 Å². The summed E-state index contributed by atoms with van der Waals surface area (Å²) in [7, 11) is 0. The first kappa shape index (κ1) is 22.7. The van der Waals surface area contributed by atoms with Gasteiger partial charge in [-0.05, 0) is 53.6 Å². The number of pyridine rings is 1. The fourth-order valence-electron chi connectivity index (χ4n) is 3.76. The van der Waals surface area contributed by atoms with Crippen LogP contribution in [0.15, 0.2) is 54.6 Å². The molecule has 3 aromatic rings. The van der Waals surface area contributed by atoms with Crippen LogP contribution in [0.4, 0.5) is 15.9 Å². The number of carbonyl (C=O) groups excluding carboxylic acids is 1. The molecule has 172 valence electrons. The largest absolute Gasteiger partial charge is 0.507 e. The number of halogens is 1. The quantitative estimate of drug-likeness (QED) is 0.505. The molecule has 0 radical (unpaired) electrons. The minimum atomic E-state index is -0.448. The first-order valence-electron chi connectivity index (χ1n) is 10.9. The predicted octanol–water partition coefficient (Wildman–Crippen LogP) is 3.96. The number of rotatable bonds is 7. The molecule has 1 fully saturated rings. The molecule has 1 aliphatic rings. The number of ether oxygens (including phenoxy) is 1. The summed E-state index contributed by atoms with van der Waals surface area (Å²) in [6.07, 6.45) is 0. The van der Waals surface area contributed by atoms with Gasteiger partial charge in [0.15, 0.2) is 0 Å². The molecule has 3 N–H and O–H groups in total. The Balaban J connectivity index is 1.62. The summed E-state index contributed by atoms with van der Waals surface area (Å²) in [5.74, 6) is 0.00505. The van der Waals surface area contributed by atoms with Crippen molar-refractivity contribution in [3.63, 3.8) is 0 Å². The maximum absolute atomic E-state index is 13.9. The van der Waals surface area contributed by atoms with Crippen molar-refractivity contribution in [3.05, 3.63) is 60.4 Å². The molecular weight excluding hydrogens is 423 g/mol. The maximum Gasteiger partial charge on any atom is 0.221 e. The van der Waals surface area contributed by atoms with Crippen LogP contribution in [0, 0.1) is 5.82 Å². The summed E-state index contributed by atoms with van der Waals surface area (Å²) in [6.45, 7) is 6.28. The van der Waals surface area contributed by atoms with E-state index in [0.717, 1.165) is 44.0 Å². The summed E-state index contributed by atoms with van der Waals surface area (Å²) < 4.78 is 19.3. The Morgan fingerprint density at radius 2 is 1.85 bits per heavy atom. The first-order chi connectivity index (χ1) is 16.0. The molecule has 7 nitrogen and oxygen atoms in total. The van der Waals surface area contributed by atoms with E-state index in [1.807, 2.05) is 36.4 Å². The number of morpholine rings is 1. The van der Waals surface area contributed by atoms with E-state index in [0.29, 0.717) is 29.3 Å². The number of phenolic OH excluding ortho intramolecular Hbond substituents is 1. The minimum Gasteiger partial charge on any atom is -0.507 e. The van der Waals surface area contributed by atoms with Crippen molar-refractivity contribution in [2.45, 2.75) is 6.92 Å². The van der Waals surface area contributed by atoms with Crippen LogP contribution in [-0.2, 0) is 9.53 Å². The van der Waals surface area contributed by atoms with Gasteiger partial charge in [0.1, 0.15) is 17.4 Å². The van der Waals surface area contributed by atoms with Crippen LogP contribution < -0.4 is 10.6 Å². The van der Waals surface area contributed by atoms with Crippen LogP contribution in [0.5, 0.6) is 5.75 Å². The molecule has 0 aliphatic carbocycles. The van der Waals surface area contributed by atoms with Crippen LogP contribution in [0.2, 0.25) is 0 Å². The van der Waals surface area contributed by atoms with E-state index in [1.165, 1.54) is 25.1 Å². The van der Waals surface area contributed by atoms with E-state index in [9.17, 15) is 14.3 Å². The lowest BCUT2D eigenvalue weighted by Crippen LogP contribution is -2.39. The zero-order chi connectivity index (χ0) is 23.2. The van der Waals surface area contributed by atoms with Crippen LogP contribution in [0.25, 0.3) is 22.4 Å².